The molecular weight excluding hydrogens is 512 g/mol. The summed E-state index contributed by atoms with van der Waals surface area (Å²) in [4.78, 5) is 8.60. The molecule has 0 bridgehead atoms. The Hall–Kier alpha value is -1.84. The van der Waals surface area contributed by atoms with Crippen LogP contribution in [-0.2, 0) is 6.54 Å². The smallest absolute Gasteiger partial charge is 0.246 e. The topological polar surface area (TPSA) is 75.3 Å². The molecule has 0 aliphatic carbocycles. The quantitative estimate of drug-likeness (QED) is 0.272. The Kier molecular flexibility index (Phi) is 8.53. The van der Waals surface area contributed by atoms with Crippen molar-refractivity contribution < 1.29 is 4.52 Å². The SMILES string of the molecule is CN=C(NCc1nc(-c2cccc(Cl)c2)no1)NC(C)c1ccc(Cl)cc1.I. The predicted molar refractivity (Wildman–Crippen MR) is 123 cm³/mol. The minimum atomic E-state index is 0. The van der Waals surface area contributed by atoms with E-state index in [0.29, 0.717) is 34.3 Å². The summed E-state index contributed by atoms with van der Waals surface area (Å²) in [5.41, 5.74) is 1.90. The predicted octanol–water partition coefficient (Wildman–Crippen LogP) is 5.09. The van der Waals surface area contributed by atoms with Crippen molar-refractivity contribution in [1.29, 1.82) is 0 Å². The van der Waals surface area contributed by atoms with Crippen LogP contribution in [0.2, 0.25) is 10.0 Å². The summed E-state index contributed by atoms with van der Waals surface area (Å²) in [6.07, 6.45) is 0. The summed E-state index contributed by atoms with van der Waals surface area (Å²) in [5, 5.41) is 11.8. The third-order valence-corrected chi connectivity index (χ3v) is 4.39. The Bertz CT molecular complexity index is 930. The number of halogens is 3. The van der Waals surface area contributed by atoms with Gasteiger partial charge in [-0.15, -0.1) is 24.0 Å². The highest BCUT2D eigenvalue weighted by atomic mass is 127. The van der Waals surface area contributed by atoms with Crippen LogP contribution in [0.4, 0.5) is 0 Å². The van der Waals surface area contributed by atoms with Crippen molar-refractivity contribution in [3.05, 3.63) is 70.0 Å². The molecule has 0 saturated heterocycles. The van der Waals surface area contributed by atoms with Gasteiger partial charge < -0.3 is 15.2 Å². The van der Waals surface area contributed by atoms with Gasteiger partial charge in [0.15, 0.2) is 5.96 Å². The van der Waals surface area contributed by atoms with E-state index in [0.717, 1.165) is 11.1 Å². The molecular formula is C19H20Cl2IN5O. The van der Waals surface area contributed by atoms with E-state index in [1.54, 1.807) is 19.2 Å². The molecule has 1 unspecified atom stereocenters. The maximum atomic E-state index is 6.00. The monoisotopic (exact) mass is 531 g/mol. The molecule has 1 atom stereocenters. The summed E-state index contributed by atoms with van der Waals surface area (Å²) >= 11 is 11.9. The molecule has 0 saturated carbocycles. The Morgan fingerprint density at radius 1 is 1.14 bits per heavy atom. The molecule has 0 spiro atoms. The fourth-order valence-electron chi connectivity index (χ4n) is 2.47. The van der Waals surface area contributed by atoms with Gasteiger partial charge in [0.2, 0.25) is 11.7 Å². The van der Waals surface area contributed by atoms with Crippen LogP contribution in [-0.4, -0.2) is 23.1 Å². The first kappa shape index (κ1) is 22.4. The fourth-order valence-corrected chi connectivity index (χ4v) is 2.78. The highest BCUT2D eigenvalue weighted by Crippen LogP contribution is 2.20. The molecule has 148 valence electrons. The van der Waals surface area contributed by atoms with E-state index >= 15 is 0 Å². The zero-order chi connectivity index (χ0) is 19.2. The molecule has 0 amide bonds. The number of guanidine groups is 1. The van der Waals surface area contributed by atoms with Gasteiger partial charge in [0.1, 0.15) is 0 Å². The summed E-state index contributed by atoms with van der Waals surface area (Å²) in [6, 6.07) is 15.0. The van der Waals surface area contributed by atoms with Gasteiger partial charge in [-0.05, 0) is 36.8 Å². The van der Waals surface area contributed by atoms with E-state index in [9.17, 15) is 0 Å². The number of benzene rings is 2. The molecule has 28 heavy (non-hydrogen) atoms. The number of hydrogen-bond donors (Lipinski definition) is 2. The number of aliphatic imine (C=N–C) groups is 1. The minimum Gasteiger partial charge on any atom is -0.350 e. The lowest BCUT2D eigenvalue weighted by Gasteiger charge is -2.17. The van der Waals surface area contributed by atoms with Gasteiger partial charge in [0, 0.05) is 22.7 Å². The number of rotatable bonds is 5. The zero-order valence-electron chi connectivity index (χ0n) is 15.3. The Morgan fingerprint density at radius 3 is 2.57 bits per heavy atom. The minimum absolute atomic E-state index is 0. The van der Waals surface area contributed by atoms with E-state index in [4.69, 9.17) is 27.7 Å². The highest BCUT2D eigenvalue weighted by molar-refractivity contribution is 14.0. The highest BCUT2D eigenvalue weighted by Gasteiger charge is 2.11. The zero-order valence-corrected chi connectivity index (χ0v) is 19.2. The standard InChI is InChI=1S/C19H19Cl2N5O.HI/c1-12(13-6-8-15(20)9-7-13)24-19(22-2)23-11-17-25-18(26-27-17)14-4-3-5-16(21)10-14;/h3-10,12H,11H2,1-2H3,(H2,22,23,24);1H. The third-order valence-electron chi connectivity index (χ3n) is 3.90. The van der Waals surface area contributed by atoms with Crippen molar-refractivity contribution in [2.45, 2.75) is 19.5 Å². The molecule has 0 radical (unpaired) electrons. The van der Waals surface area contributed by atoms with Crippen LogP contribution in [0.5, 0.6) is 0 Å². The van der Waals surface area contributed by atoms with Crippen molar-refractivity contribution in [3.63, 3.8) is 0 Å². The van der Waals surface area contributed by atoms with Crippen molar-refractivity contribution in [1.82, 2.24) is 20.8 Å². The molecule has 0 aliphatic rings. The Labute approximate surface area is 190 Å². The number of aromatic nitrogens is 2. The maximum Gasteiger partial charge on any atom is 0.246 e. The molecule has 0 fully saturated rings. The molecule has 1 heterocycles. The van der Waals surface area contributed by atoms with Crippen molar-refractivity contribution in [2.24, 2.45) is 4.99 Å². The average Bonchev–Trinajstić information content (AvgIpc) is 3.14. The Balaban J connectivity index is 0.00000280. The molecule has 6 nitrogen and oxygen atoms in total. The van der Waals surface area contributed by atoms with E-state index in [-0.39, 0.29) is 30.0 Å². The van der Waals surface area contributed by atoms with Crippen molar-refractivity contribution >= 4 is 53.1 Å². The van der Waals surface area contributed by atoms with Gasteiger partial charge in [-0.1, -0.05) is 52.6 Å². The molecule has 3 aromatic rings. The molecule has 2 N–H and O–H groups in total. The van der Waals surface area contributed by atoms with Crippen LogP contribution in [0.15, 0.2) is 58.0 Å². The van der Waals surface area contributed by atoms with Crippen LogP contribution in [0.1, 0.15) is 24.4 Å². The Morgan fingerprint density at radius 2 is 1.89 bits per heavy atom. The van der Waals surface area contributed by atoms with Gasteiger partial charge in [0.25, 0.3) is 0 Å². The fraction of sp³-hybridized carbons (Fsp3) is 0.211. The third kappa shape index (κ3) is 6.08. The van der Waals surface area contributed by atoms with E-state index in [2.05, 4.69) is 25.8 Å². The second kappa shape index (κ2) is 10.6. The summed E-state index contributed by atoms with van der Waals surface area (Å²) in [7, 11) is 1.70. The van der Waals surface area contributed by atoms with Gasteiger partial charge in [-0.2, -0.15) is 4.98 Å². The first-order valence-corrected chi connectivity index (χ1v) is 9.12. The lowest BCUT2D eigenvalue weighted by atomic mass is 10.1. The van der Waals surface area contributed by atoms with E-state index in [1.807, 2.05) is 43.3 Å². The maximum absolute atomic E-state index is 6.00. The second-order valence-corrected chi connectivity index (χ2v) is 6.74. The molecule has 0 aliphatic heterocycles. The molecule has 9 heteroatoms. The van der Waals surface area contributed by atoms with Gasteiger partial charge in [-0.25, -0.2) is 0 Å². The van der Waals surface area contributed by atoms with Gasteiger partial charge in [-0.3, -0.25) is 4.99 Å². The largest absolute Gasteiger partial charge is 0.350 e. The van der Waals surface area contributed by atoms with Gasteiger partial charge in [0.05, 0.1) is 12.6 Å². The van der Waals surface area contributed by atoms with Crippen LogP contribution >= 0.6 is 47.2 Å². The van der Waals surface area contributed by atoms with Crippen molar-refractivity contribution in [3.8, 4) is 11.4 Å². The van der Waals surface area contributed by atoms with Gasteiger partial charge >= 0.3 is 0 Å². The normalized spacial score (nSPS) is 12.2. The van der Waals surface area contributed by atoms with Crippen LogP contribution < -0.4 is 10.6 Å². The first-order valence-electron chi connectivity index (χ1n) is 8.36. The molecule has 1 aromatic heterocycles. The summed E-state index contributed by atoms with van der Waals surface area (Å²) in [5.74, 6) is 1.57. The van der Waals surface area contributed by atoms with E-state index in [1.165, 1.54) is 0 Å². The molecule has 2 aromatic carbocycles. The van der Waals surface area contributed by atoms with E-state index < -0.39 is 0 Å². The second-order valence-electron chi connectivity index (χ2n) is 5.87. The lowest BCUT2D eigenvalue weighted by molar-refractivity contribution is 0.375. The first-order chi connectivity index (χ1) is 13.0. The molecule has 3 rings (SSSR count). The number of hydrogen-bond acceptors (Lipinski definition) is 4. The van der Waals surface area contributed by atoms with Crippen LogP contribution in [0, 0.1) is 0 Å². The number of nitrogens with zero attached hydrogens (tertiary/aromatic N) is 3. The average molecular weight is 532 g/mol. The lowest BCUT2D eigenvalue weighted by Crippen LogP contribution is -2.38. The number of nitrogens with one attached hydrogen (secondary N) is 2. The van der Waals surface area contributed by atoms with Crippen molar-refractivity contribution in [2.75, 3.05) is 7.05 Å². The summed E-state index contributed by atoms with van der Waals surface area (Å²) < 4.78 is 5.29. The van der Waals surface area contributed by atoms with Crippen LogP contribution in [0.25, 0.3) is 11.4 Å². The summed E-state index contributed by atoms with van der Waals surface area (Å²) in [6.45, 7) is 2.39. The van der Waals surface area contributed by atoms with Crippen LogP contribution in [0.3, 0.4) is 0 Å².